The van der Waals surface area contributed by atoms with E-state index in [2.05, 4.69) is 143 Å². The molecule has 0 fully saturated rings. The zero-order chi connectivity index (χ0) is 28.8. The molecule has 10 rings (SSSR count). The van der Waals surface area contributed by atoms with Crippen molar-refractivity contribution in [3.05, 3.63) is 146 Å². The number of hydrogen-bond acceptors (Lipinski definition) is 2. The third-order valence-corrected chi connectivity index (χ3v) is 8.96. The molecule has 0 aliphatic heterocycles. The minimum Gasteiger partial charge on any atom is -0.425 e. The topological polar surface area (TPSA) is 36.1 Å². The van der Waals surface area contributed by atoms with Gasteiger partial charge in [-0.25, -0.2) is 0 Å². The first-order valence-electron chi connectivity index (χ1n) is 14.9. The summed E-state index contributed by atoms with van der Waals surface area (Å²) in [7, 11) is 0. The first kappa shape index (κ1) is 23.6. The van der Waals surface area contributed by atoms with Crippen molar-refractivity contribution in [2.75, 3.05) is 0 Å². The van der Waals surface area contributed by atoms with E-state index in [0.29, 0.717) is 5.78 Å². The van der Waals surface area contributed by atoms with Crippen LogP contribution in [0, 0.1) is 0 Å². The number of fused-ring (bicyclic) bond motifs is 10. The van der Waals surface area contributed by atoms with Crippen LogP contribution >= 0.6 is 0 Å². The Morgan fingerprint density at radius 1 is 0.386 bits per heavy atom. The minimum absolute atomic E-state index is 0.562. The van der Waals surface area contributed by atoms with Crippen LogP contribution in [0.4, 0.5) is 0 Å². The van der Waals surface area contributed by atoms with Crippen LogP contribution in [0.2, 0.25) is 0 Å². The summed E-state index contributed by atoms with van der Waals surface area (Å²) < 4.78 is 17.3. The van der Waals surface area contributed by atoms with E-state index in [-0.39, 0.29) is 0 Å². The van der Waals surface area contributed by atoms with Gasteiger partial charge in [-0.1, -0.05) is 97.1 Å². The molecule has 0 unspecified atom stereocenters. The highest BCUT2D eigenvalue weighted by Gasteiger charge is 2.24. The van der Waals surface area contributed by atoms with Crippen LogP contribution in [0.3, 0.4) is 0 Å². The molecule has 0 amide bonds. The molecule has 44 heavy (non-hydrogen) atoms. The van der Waals surface area contributed by atoms with E-state index in [1.807, 2.05) is 12.1 Å². The molecular formula is C40H24N2O2. The third kappa shape index (κ3) is 3.17. The Morgan fingerprint density at radius 3 is 1.91 bits per heavy atom. The van der Waals surface area contributed by atoms with E-state index >= 15 is 0 Å². The predicted molar refractivity (Wildman–Crippen MR) is 180 cm³/mol. The number of benzene rings is 6. The van der Waals surface area contributed by atoms with Crippen LogP contribution in [-0.4, -0.2) is 9.13 Å². The van der Waals surface area contributed by atoms with E-state index < -0.39 is 0 Å². The van der Waals surface area contributed by atoms with Crippen molar-refractivity contribution in [3.63, 3.8) is 0 Å². The predicted octanol–water partition coefficient (Wildman–Crippen LogP) is 11.0. The lowest BCUT2D eigenvalue weighted by atomic mass is 10.1. The summed E-state index contributed by atoms with van der Waals surface area (Å²) in [6.07, 6.45) is 0. The quantitative estimate of drug-likeness (QED) is 0.214. The van der Waals surface area contributed by atoms with E-state index in [1.165, 1.54) is 27.4 Å². The molecule has 4 aromatic heterocycles. The van der Waals surface area contributed by atoms with Gasteiger partial charge in [-0.3, -0.25) is 4.57 Å². The number of furan rings is 2. The Balaban J connectivity index is 1.24. The van der Waals surface area contributed by atoms with Gasteiger partial charge in [0.15, 0.2) is 0 Å². The lowest BCUT2D eigenvalue weighted by molar-refractivity contribution is 0.516. The summed E-state index contributed by atoms with van der Waals surface area (Å²) in [6.45, 7) is 0. The van der Waals surface area contributed by atoms with Crippen LogP contribution in [0.25, 0.3) is 88.4 Å². The number of hydrogen-bond donors (Lipinski definition) is 0. The van der Waals surface area contributed by atoms with Crippen molar-refractivity contribution in [1.82, 2.24) is 9.13 Å². The van der Waals surface area contributed by atoms with Gasteiger partial charge in [0.05, 0.1) is 27.3 Å². The van der Waals surface area contributed by atoms with Gasteiger partial charge in [-0.05, 0) is 59.7 Å². The van der Waals surface area contributed by atoms with Crippen LogP contribution in [0.15, 0.2) is 154 Å². The molecule has 4 heterocycles. The molecule has 0 aliphatic rings. The van der Waals surface area contributed by atoms with Crippen molar-refractivity contribution in [2.24, 2.45) is 0 Å². The molecule has 4 heteroatoms. The fourth-order valence-corrected chi connectivity index (χ4v) is 7.06. The maximum atomic E-state index is 6.53. The molecule has 4 nitrogen and oxygen atoms in total. The summed E-state index contributed by atoms with van der Waals surface area (Å²) in [5, 5.41) is 6.73. The van der Waals surface area contributed by atoms with Crippen LogP contribution in [0.5, 0.6) is 0 Å². The van der Waals surface area contributed by atoms with Crippen molar-refractivity contribution in [3.8, 4) is 22.5 Å². The van der Waals surface area contributed by atoms with Gasteiger partial charge in [-0.2, -0.15) is 0 Å². The Morgan fingerprint density at radius 2 is 1.05 bits per heavy atom. The van der Waals surface area contributed by atoms with E-state index in [4.69, 9.17) is 8.83 Å². The second-order valence-corrected chi connectivity index (χ2v) is 11.4. The van der Waals surface area contributed by atoms with Gasteiger partial charge < -0.3 is 13.4 Å². The molecule has 206 valence electrons. The molecule has 0 saturated carbocycles. The van der Waals surface area contributed by atoms with E-state index in [9.17, 15) is 0 Å². The normalized spacial score (nSPS) is 12.1. The zero-order valence-corrected chi connectivity index (χ0v) is 23.6. The number of rotatable bonds is 3. The summed E-state index contributed by atoms with van der Waals surface area (Å²) in [5.41, 5.74) is 9.66. The lowest BCUT2D eigenvalue weighted by Gasteiger charge is -2.11. The molecule has 0 saturated heterocycles. The Labute approximate surface area is 251 Å². The molecular weight excluding hydrogens is 540 g/mol. The second-order valence-electron chi connectivity index (χ2n) is 11.4. The van der Waals surface area contributed by atoms with Gasteiger partial charge in [0.1, 0.15) is 5.58 Å². The van der Waals surface area contributed by atoms with Crippen molar-refractivity contribution >= 4 is 65.9 Å². The van der Waals surface area contributed by atoms with E-state index in [1.54, 1.807) is 0 Å². The summed E-state index contributed by atoms with van der Waals surface area (Å²) >= 11 is 0. The van der Waals surface area contributed by atoms with Crippen LogP contribution < -0.4 is 0 Å². The summed E-state index contributed by atoms with van der Waals surface area (Å²) in [5.74, 6) is 0.562. The average Bonchev–Trinajstić information content (AvgIpc) is 3.80. The third-order valence-electron chi connectivity index (χ3n) is 8.96. The molecule has 0 atom stereocenters. The maximum absolute atomic E-state index is 6.53. The Hall–Kier alpha value is -6.00. The van der Waals surface area contributed by atoms with Gasteiger partial charge >= 0.3 is 5.78 Å². The highest BCUT2D eigenvalue weighted by molar-refractivity contribution is 6.26. The van der Waals surface area contributed by atoms with Gasteiger partial charge in [0.25, 0.3) is 0 Å². The SMILES string of the molecule is c1ccc(-c2cccc(-n3c4ccccc4c4cc(-n5c6ccccc6c6c7c(oc8ccccc87)oc65)ccc43)c2)cc1. The monoisotopic (exact) mass is 564 g/mol. The number of aromatic nitrogens is 2. The Kier molecular flexibility index (Phi) is 4.69. The average molecular weight is 565 g/mol. The number of para-hydroxylation sites is 3. The first-order valence-corrected chi connectivity index (χ1v) is 14.9. The van der Waals surface area contributed by atoms with Crippen molar-refractivity contribution in [1.29, 1.82) is 0 Å². The molecule has 10 aromatic rings. The summed E-state index contributed by atoms with van der Waals surface area (Å²) in [4.78, 5) is 0. The highest BCUT2D eigenvalue weighted by atomic mass is 16.5. The largest absolute Gasteiger partial charge is 0.425 e. The van der Waals surface area contributed by atoms with Gasteiger partial charge in [0, 0.05) is 32.9 Å². The molecule has 0 radical (unpaired) electrons. The molecule has 0 bridgehead atoms. The van der Waals surface area contributed by atoms with Gasteiger partial charge in [-0.15, -0.1) is 0 Å². The van der Waals surface area contributed by atoms with Crippen molar-refractivity contribution in [2.45, 2.75) is 0 Å². The van der Waals surface area contributed by atoms with Crippen LogP contribution in [-0.2, 0) is 0 Å². The van der Waals surface area contributed by atoms with E-state index in [0.717, 1.165) is 55.2 Å². The fraction of sp³-hybridized carbons (Fsp3) is 0. The van der Waals surface area contributed by atoms with Crippen molar-refractivity contribution < 1.29 is 8.83 Å². The number of nitrogens with zero attached hydrogens (tertiary/aromatic N) is 2. The lowest BCUT2D eigenvalue weighted by Crippen LogP contribution is -1.96. The minimum atomic E-state index is 0.562. The smallest absolute Gasteiger partial charge is 0.300 e. The molecule has 0 spiro atoms. The maximum Gasteiger partial charge on any atom is 0.300 e. The zero-order valence-electron chi connectivity index (χ0n) is 23.6. The fourth-order valence-electron chi connectivity index (χ4n) is 7.06. The molecule has 6 aromatic carbocycles. The molecule has 0 N–H and O–H groups in total. The Bertz CT molecular complexity index is 2720. The van der Waals surface area contributed by atoms with Crippen LogP contribution in [0.1, 0.15) is 0 Å². The standard InChI is InChI=1S/C40H24N2O2/c1-2-11-25(12-3-1)26-13-10-14-27(23-26)41-33-18-7-4-15-29(33)32-24-28(21-22-35(32)41)42-34-19-8-5-16-30(34)37-38-31-17-6-9-20-36(31)43-40(38)44-39(37)42/h1-24H. The second kappa shape index (κ2) is 8.76. The van der Waals surface area contributed by atoms with Gasteiger partial charge in [0.2, 0.25) is 5.71 Å². The first-order chi connectivity index (χ1) is 21.8. The molecule has 0 aliphatic carbocycles. The summed E-state index contributed by atoms with van der Waals surface area (Å²) in [6, 6.07) is 51.4. The highest BCUT2D eigenvalue weighted by Crippen LogP contribution is 2.44.